The molecular weight excluding hydrogens is 862 g/mol. The molecule has 2 aromatic heterocycles. The van der Waals surface area contributed by atoms with E-state index in [0.717, 1.165) is 79.2 Å². The van der Waals surface area contributed by atoms with Gasteiger partial charge in [0.1, 0.15) is 29.5 Å². The number of benzene rings is 4. The number of hydrogen-bond donors (Lipinski definition) is 0. The van der Waals surface area contributed by atoms with E-state index >= 15 is 8.63 Å². The maximum atomic E-state index is 18.2. The number of morpholine rings is 1. The van der Waals surface area contributed by atoms with Crippen molar-refractivity contribution in [3.05, 3.63) is 141 Å². The third-order valence-corrected chi connectivity index (χ3v) is 12.7. The summed E-state index contributed by atoms with van der Waals surface area (Å²) in [5.41, 5.74) is 8.00. The van der Waals surface area contributed by atoms with Gasteiger partial charge in [-0.2, -0.15) is 0 Å². The molecule has 4 aromatic carbocycles. The Morgan fingerprint density at radius 3 is 2.32 bits per heavy atom. The monoisotopic (exact) mass is 903 g/mol. The third-order valence-electron chi connectivity index (χ3n) is 11.6. The molecule has 0 saturated carbocycles. The van der Waals surface area contributed by atoms with Crippen LogP contribution < -0.4 is 9.47 Å². The zero-order valence-corrected chi connectivity index (χ0v) is 34.7. The first-order valence-electron chi connectivity index (χ1n) is 20.0. The Hall–Kier alpha value is -5.45. The molecule has 1 saturated heterocycles. The number of methoxy groups -OCH3 is 1. The van der Waals surface area contributed by atoms with E-state index in [9.17, 15) is 0 Å². The van der Waals surface area contributed by atoms with Crippen molar-refractivity contribution in [2.75, 3.05) is 40.0 Å². The summed E-state index contributed by atoms with van der Waals surface area (Å²) in [6.07, 6.45) is 4.18. The second-order valence-electron chi connectivity index (χ2n) is 15.2. The van der Waals surface area contributed by atoms with Crippen LogP contribution in [0.25, 0.3) is 28.0 Å². The number of ether oxygens (including phenoxy) is 3. The number of fused-ring (bicyclic) bond motifs is 6. The van der Waals surface area contributed by atoms with Crippen LogP contribution in [0, 0.1) is 0 Å². The Bertz CT molecular complexity index is 2650. The van der Waals surface area contributed by atoms with Crippen molar-refractivity contribution in [3.63, 3.8) is 0 Å². The minimum Gasteiger partial charge on any atom is -0.497 e. The normalized spacial score (nSPS) is 17.0. The summed E-state index contributed by atoms with van der Waals surface area (Å²) in [6, 6.07) is 32.6. The highest BCUT2D eigenvalue weighted by Gasteiger charge is 2.56. The van der Waals surface area contributed by atoms with Gasteiger partial charge < -0.3 is 31.8 Å². The molecule has 3 aliphatic heterocycles. The molecule has 5 heterocycles. The van der Waals surface area contributed by atoms with Crippen molar-refractivity contribution in [2.24, 2.45) is 4.99 Å². The first-order chi connectivity index (χ1) is 28.9. The summed E-state index contributed by atoms with van der Waals surface area (Å²) in [5.74, 6) is 1.82. The Morgan fingerprint density at radius 2 is 1.58 bits per heavy atom. The maximum Gasteiger partial charge on any atom is 0.642 e. The zero-order chi connectivity index (χ0) is 40.1. The smallest absolute Gasteiger partial charge is 0.497 e. The van der Waals surface area contributed by atoms with Gasteiger partial charge >= 0.3 is 6.97 Å². The fraction of sp³-hybridized carbons (Fsp3) is 0.244. The van der Waals surface area contributed by atoms with Crippen molar-refractivity contribution < 1.29 is 27.3 Å². The number of aryl methyl sites for hydroxylation is 2. The number of aliphatic imine (C=N–C) groups is 1. The van der Waals surface area contributed by atoms with Crippen molar-refractivity contribution in [3.8, 4) is 33.9 Å². The van der Waals surface area contributed by atoms with Gasteiger partial charge in [0.15, 0.2) is 0 Å². The molecule has 0 amide bonds. The van der Waals surface area contributed by atoms with Gasteiger partial charge in [-0.1, -0.05) is 65.9 Å². The molecule has 1 fully saturated rings. The predicted molar refractivity (Wildman–Crippen MR) is 234 cm³/mol. The summed E-state index contributed by atoms with van der Waals surface area (Å²) >= 11 is 2.23. The molecule has 6 aromatic rings. The average Bonchev–Trinajstić information content (AvgIpc) is 3.96. The molecule has 10 nitrogen and oxygen atoms in total. The minimum absolute atomic E-state index is 0.234. The van der Waals surface area contributed by atoms with E-state index in [4.69, 9.17) is 19.2 Å². The highest BCUT2D eigenvalue weighted by molar-refractivity contribution is 14.1. The lowest BCUT2D eigenvalue weighted by Gasteiger charge is -2.33. The molecule has 0 N–H and O–H groups in total. The molecule has 1 aliphatic carbocycles. The number of rotatable bonds is 11. The summed E-state index contributed by atoms with van der Waals surface area (Å²) in [4.78, 5) is 7.69. The molecule has 0 bridgehead atoms. The van der Waals surface area contributed by atoms with Crippen LogP contribution in [0.4, 0.5) is 14.4 Å². The van der Waals surface area contributed by atoms with Crippen LogP contribution in [-0.4, -0.2) is 87.3 Å². The summed E-state index contributed by atoms with van der Waals surface area (Å²) in [6.45, 7) is 1.01. The third kappa shape index (κ3) is 6.80. The Labute approximate surface area is 354 Å². The molecule has 0 atom stereocenters. The summed E-state index contributed by atoms with van der Waals surface area (Å²) < 4.78 is 58.5. The first-order valence-corrected chi connectivity index (χ1v) is 21.1. The topological polar surface area (TPSA) is 81.9 Å². The second kappa shape index (κ2) is 15.6. The Kier molecular flexibility index (Phi) is 10.0. The van der Waals surface area contributed by atoms with E-state index in [0.29, 0.717) is 56.2 Å². The Morgan fingerprint density at radius 1 is 0.847 bits per heavy atom. The van der Waals surface area contributed by atoms with Crippen LogP contribution in [0.1, 0.15) is 34.4 Å². The van der Waals surface area contributed by atoms with E-state index < -0.39 is 6.97 Å². The molecule has 0 unspecified atom stereocenters. The standard InChI is InChI=1S/C45H41BF2IN7O3/c1-57-36-18-20-37-33(27-36)15-19-38-39(30-9-4-2-5-10-30)44-50-45-40(31-11-6-3-7-12-31)41(49)42(55(45)46(47,48)56(44)43(37)38)32-13-16-35(17-14-32)59-29-34-28-54(52-51-34)22-8-21-53-23-25-58-26-24-53/h2-7,9-14,16-18,20,27-28H,8,15,19,21-26,29H2,1H3. The number of halogens is 3. The van der Waals surface area contributed by atoms with Crippen LogP contribution in [0.3, 0.4) is 0 Å². The minimum atomic E-state index is -4.49. The van der Waals surface area contributed by atoms with E-state index in [2.05, 4.69) is 37.8 Å². The number of allylic oxidation sites excluding steroid dienone is 1. The van der Waals surface area contributed by atoms with Gasteiger partial charge in [-0.15, -0.1) is 5.10 Å². The maximum absolute atomic E-state index is 18.2. The zero-order valence-electron chi connectivity index (χ0n) is 32.5. The lowest BCUT2D eigenvalue weighted by atomic mass is 9.85. The highest BCUT2D eigenvalue weighted by atomic mass is 127. The van der Waals surface area contributed by atoms with Crippen LogP contribution >= 0.6 is 22.6 Å². The molecule has 0 spiro atoms. The first kappa shape index (κ1) is 37.8. The average molecular weight is 904 g/mol. The van der Waals surface area contributed by atoms with Crippen molar-refractivity contribution >= 4 is 52.5 Å². The van der Waals surface area contributed by atoms with E-state index in [-0.39, 0.29) is 18.3 Å². The van der Waals surface area contributed by atoms with Crippen molar-refractivity contribution in [2.45, 2.75) is 32.4 Å². The summed E-state index contributed by atoms with van der Waals surface area (Å²) in [7, 11) is 1.63. The predicted octanol–water partition coefficient (Wildman–Crippen LogP) is 8.45. The van der Waals surface area contributed by atoms with Gasteiger partial charge in [-0.05, 0) is 117 Å². The molecular formula is C45H41BF2IN7O3. The molecule has 4 aliphatic rings. The van der Waals surface area contributed by atoms with Crippen LogP contribution in [0.5, 0.6) is 11.5 Å². The van der Waals surface area contributed by atoms with E-state index in [1.165, 1.54) is 8.96 Å². The quantitative estimate of drug-likeness (QED) is 0.0960. The van der Waals surface area contributed by atoms with Crippen LogP contribution in [-0.2, 0) is 30.7 Å². The molecule has 0 radical (unpaired) electrons. The lowest BCUT2D eigenvalue weighted by Crippen LogP contribution is -2.53. The largest absolute Gasteiger partial charge is 0.642 e. The fourth-order valence-electron chi connectivity index (χ4n) is 8.84. The van der Waals surface area contributed by atoms with Crippen LogP contribution in [0.15, 0.2) is 118 Å². The Balaban J connectivity index is 1.02. The highest BCUT2D eigenvalue weighted by Crippen LogP contribution is 2.52. The molecule has 298 valence electrons. The lowest BCUT2D eigenvalue weighted by molar-refractivity contribution is -0.291. The van der Waals surface area contributed by atoms with Crippen molar-refractivity contribution in [1.29, 1.82) is 0 Å². The molecule has 59 heavy (non-hydrogen) atoms. The van der Waals surface area contributed by atoms with E-state index in [1.54, 1.807) is 7.11 Å². The summed E-state index contributed by atoms with van der Waals surface area (Å²) in [5, 5.41) is 8.60. The van der Waals surface area contributed by atoms with Crippen LogP contribution in [0.2, 0.25) is 0 Å². The van der Waals surface area contributed by atoms with Gasteiger partial charge in [0.05, 0.1) is 41.2 Å². The van der Waals surface area contributed by atoms with Gasteiger partial charge in [-0.3, -0.25) is 9.58 Å². The molecule has 14 heteroatoms. The van der Waals surface area contributed by atoms with Gasteiger partial charge in [0, 0.05) is 37.4 Å². The molecule has 10 rings (SSSR count). The number of hydrogen-bond acceptors (Lipinski definition) is 7. The second-order valence-corrected chi connectivity index (χ2v) is 16.3. The number of aromatic nitrogens is 4. The number of amidine groups is 1. The van der Waals surface area contributed by atoms with Gasteiger partial charge in [0.25, 0.3) is 5.84 Å². The van der Waals surface area contributed by atoms with Crippen molar-refractivity contribution in [1.82, 2.24) is 24.4 Å². The SMILES string of the molecule is COc1ccc2c(c1)CCc1c(-c3ccccc3)c3n(c1-2)[B-](F)(F)[N+]1=C(c2ccc(OCc4cn(CCCN5CCOCC5)nn4)cc2)C(I)=C(c2ccccc2)C1=N3. The number of nitrogens with zero attached hydrogens (tertiary/aromatic N) is 7. The van der Waals surface area contributed by atoms with Gasteiger partial charge in [-0.25, -0.2) is 0 Å². The van der Waals surface area contributed by atoms with E-state index in [1.807, 2.05) is 114 Å². The fourth-order valence-corrected chi connectivity index (χ4v) is 9.96. The van der Waals surface area contributed by atoms with Gasteiger partial charge in [0.2, 0.25) is 5.82 Å².